The number of nitrogens with two attached hydrogens (primary N) is 1. The van der Waals surface area contributed by atoms with E-state index in [9.17, 15) is 8.42 Å². The van der Waals surface area contributed by atoms with Crippen LogP contribution in [-0.4, -0.2) is 20.7 Å². The summed E-state index contributed by atoms with van der Waals surface area (Å²) >= 11 is 11.7. The predicted octanol–water partition coefficient (Wildman–Crippen LogP) is 1.69. The quantitative estimate of drug-likeness (QED) is 0.873. The first-order chi connectivity index (χ1) is 6.90. The van der Waals surface area contributed by atoms with Crippen LogP contribution in [0, 0.1) is 0 Å². The van der Waals surface area contributed by atoms with Gasteiger partial charge in [-0.25, -0.2) is 13.6 Å². The van der Waals surface area contributed by atoms with Crippen molar-refractivity contribution in [1.29, 1.82) is 0 Å². The minimum absolute atomic E-state index is 0.169. The Hall–Kier alpha value is -0.490. The highest BCUT2D eigenvalue weighted by Gasteiger charge is 2.06. The van der Waals surface area contributed by atoms with E-state index in [2.05, 4.69) is 5.32 Å². The van der Waals surface area contributed by atoms with Crippen molar-refractivity contribution in [3.63, 3.8) is 0 Å². The average Bonchev–Trinajstić information content (AvgIpc) is 2.08. The monoisotopic (exact) mass is 268 g/mol. The fourth-order valence-electron chi connectivity index (χ4n) is 0.985. The van der Waals surface area contributed by atoms with Crippen LogP contribution in [-0.2, 0) is 10.0 Å². The first kappa shape index (κ1) is 12.6. The molecule has 0 aliphatic carbocycles. The summed E-state index contributed by atoms with van der Waals surface area (Å²) in [7, 11) is -3.47. The van der Waals surface area contributed by atoms with Gasteiger partial charge in [-0.1, -0.05) is 29.3 Å². The van der Waals surface area contributed by atoms with Gasteiger partial charge in [0.2, 0.25) is 10.0 Å². The van der Waals surface area contributed by atoms with Crippen LogP contribution in [0.2, 0.25) is 10.0 Å². The molecule has 0 saturated carbocycles. The van der Waals surface area contributed by atoms with Crippen LogP contribution < -0.4 is 10.5 Å². The summed E-state index contributed by atoms with van der Waals surface area (Å²) in [6.07, 6.45) is 0. The number of sulfonamides is 1. The van der Waals surface area contributed by atoms with E-state index in [1.54, 1.807) is 18.2 Å². The standard InChI is InChI=1S/C8H10Cl2N2O2S/c9-6-2-1-3-7(10)8(6)12-4-5-15(11,13)14/h1-3,12H,4-5H2,(H2,11,13,14). The first-order valence-electron chi connectivity index (χ1n) is 4.08. The second-order valence-corrected chi connectivity index (χ2v) is 5.44. The van der Waals surface area contributed by atoms with E-state index in [0.29, 0.717) is 15.7 Å². The average molecular weight is 269 g/mol. The van der Waals surface area contributed by atoms with Crippen molar-refractivity contribution in [2.75, 3.05) is 17.6 Å². The van der Waals surface area contributed by atoms with Crippen LogP contribution in [0.25, 0.3) is 0 Å². The van der Waals surface area contributed by atoms with Crippen molar-refractivity contribution >= 4 is 38.9 Å². The fraction of sp³-hybridized carbons (Fsp3) is 0.250. The largest absolute Gasteiger partial charge is 0.382 e. The van der Waals surface area contributed by atoms with Crippen molar-refractivity contribution in [2.24, 2.45) is 5.14 Å². The Morgan fingerprint density at radius 1 is 1.27 bits per heavy atom. The maximum Gasteiger partial charge on any atom is 0.210 e. The molecule has 0 aromatic heterocycles. The van der Waals surface area contributed by atoms with Gasteiger partial charge in [-0.3, -0.25) is 0 Å². The molecule has 1 aromatic carbocycles. The van der Waals surface area contributed by atoms with Crippen molar-refractivity contribution in [1.82, 2.24) is 0 Å². The highest BCUT2D eigenvalue weighted by atomic mass is 35.5. The van der Waals surface area contributed by atoms with Crippen LogP contribution >= 0.6 is 23.2 Å². The highest BCUT2D eigenvalue weighted by molar-refractivity contribution is 7.89. The number of primary sulfonamides is 1. The molecule has 0 aliphatic heterocycles. The van der Waals surface area contributed by atoms with E-state index < -0.39 is 10.0 Å². The molecule has 0 atom stereocenters. The Kier molecular flexibility index (Phi) is 4.21. The van der Waals surface area contributed by atoms with E-state index in [1.807, 2.05) is 0 Å². The fourth-order valence-corrected chi connectivity index (χ4v) is 1.90. The number of hydrogen-bond donors (Lipinski definition) is 2. The van der Waals surface area contributed by atoms with Crippen LogP contribution in [0.1, 0.15) is 0 Å². The van der Waals surface area contributed by atoms with Crippen LogP contribution in [0.15, 0.2) is 18.2 Å². The molecule has 0 unspecified atom stereocenters. The lowest BCUT2D eigenvalue weighted by atomic mass is 10.3. The van der Waals surface area contributed by atoms with Crippen LogP contribution in [0.3, 0.4) is 0 Å². The van der Waals surface area contributed by atoms with E-state index in [1.165, 1.54) is 0 Å². The van der Waals surface area contributed by atoms with Gasteiger partial charge < -0.3 is 5.32 Å². The summed E-state index contributed by atoms with van der Waals surface area (Å²) < 4.78 is 21.3. The smallest absolute Gasteiger partial charge is 0.210 e. The second-order valence-electron chi connectivity index (χ2n) is 2.89. The molecule has 0 fully saturated rings. The molecule has 0 saturated heterocycles. The Balaban J connectivity index is 2.66. The Morgan fingerprint density at radius 3 is 2.27 bits per heavy atom. The SMILES string of the molecule is NS(=O)(=O)CCNc1c(Cl)cccc1Cl. The molecular formula is C8H10Cl2N2O2S. The number of hydrogen-bond acceptors (Lipinski definition) is 3. The van der Waals surface area contributed by atoms with E-state index in [4.69, 9.17) is 28.3 Å². The number of rotatable bonds is 4. The molecule has 4 nitrogen and oxygen atoms in total. The molecule has 15 heavy (non-hydrogen) atoms. The number of nitrogens with one attached hydrogen (secondary N) is 1. The van der Waals surface area contributed by atoms with E-state index in [-0.39, 0.29) is 12.3 Å². The molecule has 0 bridgehead atoms. The third-order valence-corrected chi connectivity index (χ3v) is 3.05. The van der Waals surface area contributed by atoms with Gasteiger partial charge in [0.15, 0.2) is 0 Å². The number of benzene rings is 1. The third-order valence-electron chi connectivity index (χ3n) is 1.65. The maximum atomic E-state index is 10.7. The van der Waals surface area contributed by atoms with Crippen molar-refractivity contribution in [2.45, 2.75) is 0 Å². The first-order valence-corrected chi connectivity index (χ1v) is 6.55. The normalized spacial score (nSPS) is 11.4. The van der Waals surface area contributed by atoms with Crippen LogP contribution in [0.5, 0.6) is 0 Å². The molecular weight excluding hydrogens is 259 g/mol. The number of para-hydroxylation sites is 1. The lowest BCUT2D eigenvalue weighted by Crippen LogP contribution is -2.22. The zero-order chi connectivity index (χ0) is 11.5. The Labute approximate surface area is 98.4 Å². The van der Waals surface area contributed by atoms with Crippen molar-refractivity contribution in [3.05, 3.63) is 28.2 Å². The summed E-state index contributed by atoms with van der Waals surface area (Å²) in [4.78, 5) is 0. The summed E-state index contributed by atoms with van der Waals surface area (Å²) in [6.45, 7) is 0.169. The van der Waals surface area contributed by atoms with Crippen molar-refractivity contribution in [3.8, 4) is 0 Å². The molecule has 84 valence electrons. The summed E-state index contributed by atoms with van der Waals surface area (Å²) in [5, 5.41) is 8.54. The zero-order valence-electron chi connectivity index (χ0n) is 7.70. The Bertz CT molecular complexity index is 428. The van der Waals surface area contributed by atoms with Crippen LogP contribution in [0.4, 0.5) is 5.69 Å². The summed E-state index contributed by atoms with van der Waals surface area (Å²) in [5.41, 5.74) is 0.518. The lowest BCUT2D eigenvalue weighted by Gasteiger charge is -2.09. The molecule has 0 amide bonds. The van der Waals surface area contributed by atoms with Gasteiger partial charge >= 0.3 is 0 Å². The molecule has 1 aromatic rings. The number of anilines is 1. The molecule has 7 heteroatoms. The molecule has 0 radical (unpaired) electrons. The third kappa shape index (κ3) is 4.25. The lowest BCUT2D eigenvalue weighted by molar-refractivity contribution is 0.598. The van der Waals surface area contributed by atoms with Crippen molar-refractivity contribution < 1.29 is 8.42 Å². The topological polar surface area (TPSA) is 72.2 Å². The highest BCUT2D eigenvalue weighted by Crippen LogP contribution is 2.29. The summed E-state index contributed by atoms with van der Waals surface area (Å²) in [6, 6.07) is 5.02. The molecule has 0 heterocycles. The molecule has 1 rings (SSSR count). The summed E-state index contributed by atoms with van der Waals surface area (Å²) in [5.74, 6) is -0.172. The van der Waals surface area contributed by atoms with Gasteiger partial charge in [0.1, 0.15) is 0 Å². The van der Waals surface area contributed by atoms with Gasteiger partial charge in [0.25, 0.3) is 0 Å². The molecule has 3 N–H and O–H groups in total. The predicted molar refractivity (Wildman–Crippen MR) is 62.9 cm³/mol. The Morgan fingerprint density at radius 2 is 1.80 bits per heavy atom. The number of halogens is 2. The minimum Gasteiger partial charge on any atom is -0.382 e. The van der Waals surface area contributed by atoms with Gasteiger partial charge in [-0.2, -0.15) is 0 Å². The van der Waals surface area contributed by atoms with E-state index in [0.717, 1.165) is 0 Å². The second kappa shape index (κ2) is 5.03. The van der Waals surface area contributed by atoms with Gasteiger partial charge in [-0.15, -0.1) is 0 Å². The van der Waals surface area contributed by atoms with E-state index >= 15 is 0 Å². The maximum absolute atomic E-state index is 10.7. The van der Waals surface area contributed by atoms with Gasteiger partial charge in [0, 0.05) is 6.54 Å². The molecule has 0 spiro atoms. The van der Waals surface area contributed by atoms with Gasteiger partial charge in [-0.05, 0) is 12.1 Å². The zero-order valence-corrected chi connectivity index (χ0v) is 10.0. The minimum atomic E-state index is -3.47. The molecule has 0 aliphatic rings. The van der Waals surface area contributed by atoms with Gasteiger partial charge in [0.05, 0.1) is 21.5 Å².